The minimum atomic E-state index is 0.530. The second kappa shape index (κ2) is 3.97. The zero-order valence-corrected chi connectivity index (χ0v) is 10.00. The summed E-state index contributed by atoms with van der Waals surface area (Å²) >= 11 is 1.99. The zero-order valence-electron chi connectivity index (χ0n) is 9.18. The molecule has 0 saturated carbocycles. The molecule has 1 saturated heterocycles. The van der Waals surface area contributed by atoms with E-state index in [1.54, 1.807) is 0 Å². The van der Waals surface area contributed by atoms with Gasteiger partial charge in [-0.25, -0.2) is 4.52 Å². The van der Waals surface area contributed by atoms with E-state index in [0.29, 0.717) is 6.04 Å². The Morgan fingerprint density at radius 3 is 3.19 bits per heavy atom. The van der Waals surface area contributed by atoms with Crippen molar-refractivity contribution in [1.82, 2.24) is 14.6 Å². The second-order valence-corrected chi connectivity index (χ2v) is 5.23. The molecule has 0 spiro atoms. The summed E-state index contributed by atoms with van der Waals surface area (Å²) in [6.45, 7) is 2.04. The Morgan fingerprint density at radius 2 is 2.44 bits per heavy atom. The number of pyridine rings is 1. The average Bonchev–Trinajstić information content (AvgIpc) is 2.88. The van der Waals surface area contributed by atoms with Crippen molar-refractivity contribution in [2.45, 2.75) is 19.4 Å². The molecule has 0 radical (unpaired) electrons. The number of fused-ring (bicyclic) bond motifs is 1. The van der Waals surface area contributed by atoms with Crippen molar-refractivity contribution in [3.63, 3.8) is 0 Å². The summed E-state index contributed by atoms with van der Waals surface area (Å²) < 4.78 is 1.88. The molecule has 1 aliphatic rings. The van der Waals surface area contributed by atoms with Crippen LogP contribution in [0.3, 0.4) is 0 Å². The Balaban J connectivity index is 1.90. The number of rotatable bonds is 2. The fourth-order valence-corrected chi connectivity index (χ4v) is 3.08. The van der Waals surface area contributed by atoms with Crippen molar-refractivity contribution < 1.29 is 0 Å². The zero-order chi connectivity index (χ0) is 11.0. The predicted octanol–water partition coefficient (Wildman–Crippen LogP) is 1.96. The van der Waals surface area contributed by atoms with Crippen LogP contribution in [0.2, 0.25) is 0 Å². The maximum Gasteiger partial charge on any atom is 0.243 e. The Labute approximate surface area is 98.4 Å². The van der Waals surface area contributed by atoms with E-state index in [2.05, 4.69) is 15.4 Å². The second-order valence-electron chi connectivity index (χ2n) is 4.08. The van der Waals surface area contributed by atoms with Gasteiger partial charge >= 0.3 is 0 Å². The van der Waals surface area contributed by atoms with E-state index in [4.69, 9.17) is 0 Å². The van der Waals surface area contributed by atoms with Crippen LogP contribution in [0.1, 0.15) is 12.1 Å². The highest BCUT2D eigenvalue weighted by molar-refractivity contribution is 7.99. The third-order valence-corrected chi connectivity index (χ3v) is 3.97. The normalized spacial score (nSPS) is 20.4. The Bertz CT molecular complexity index is 502. The van der Waals surface area contributed by atoms with E-state index in [1.807, 2.05) is 41.4 Å². The summed E-state index contributed by atoms with van der Waals surface area (Å²) in [4.78, 5) is 4.47. The maximum absolute atomic E-state index is 4.47. The molecule has 0 aliphatic carbocycles. The van der Waals surface area contributed by atoms with Crippen molar-refractivity contribution in [1.29, 1.82) is 0 Å². The largest absolute Gasteiger partial charge is 0.349 e. The molecule has 0 amide bonds. The van der Waals surface area contributed by atoms with Crippen molar-refractivity contribution in [3.05, 3.63) is 23.9 Å². The van der Waals surface area contributed by atoms with Gasteiger partial charge in [0.25, 0.3) is 0 Å². The van der Waals surface area contributed by atoms with Gasteiger partial charge in [0.05, 0.1) is 0 Å². The van der Waals surface area contributed by atoms with Gasteiger partial charge in [-0.05, 0) is 31.2 Å². The molecule has 0 bridgehead atoms. The van der Waals surface area contributed by atoms with Crippen molar-refractivity contribution >= 4 is 23.4 Å². The average molecular weight is 234 g/mol. The number of hydrogen-bond donors (Lipinski definition) is 1. The van der Waals surface area contributed by atoms with Gasteiger partial charge in [0.1, 0.15) is 0 Å². The Kier molecular flexibility index (Phi) is 2.47. The smallest absolute Gasteiger partial charge is 0.243 e. The van der Waals surface area contributed by atoms with Crippen molar-refractivity contribution in [2.75, 3.05) is 16.8 Å². The third-order valence-electron chi connectivity index (χ3n) is 2.81. The lowest BCUT2D eigenvalue weighted by molar-refractivity contribution is 0.794. The predicted molar refractivity (Wildman–Crippen MR) is 67.1 cm³/mol. The molecular formula is C11H14N4S. The number of nitrogens with zero attached hydrogens (tertiary/aromatic N) is 3. The van der Waals surface area contributed by atoms with Gasteiger partial charge in [-0.2, -0.15) is 16.7 Å². The molecule has 1 atom stereocenters. The third kappa shape index (κ3) is 1.75. The van der Waals surface area contributed by atoms with Crippen molar-refractivity contribution in [2.24, 2.45) is 0 Å². The van der Waals surface area contributed by atoms with Gasteiger partial charge in [0.15, 0.2) is 5.65 Å². The highest BCUT2D eigenvalue weighted by Gasteiger charge is 2.16. The van der Waals surface area contributed by atoms with E-state index in [9.17, 15) is 0 Å². The lowest BCUT2D eigenvalue weighted by atomic mass is 10.3. The van der Waals surface area contributed by atoms with Gasteiger partial charge in [-0.3, -0.25) is 0 Å². The lowest BCUT2D eigenvalue weighted by Crippen LogP contribution is -2.18. The van der Waals surface area contributed by atoms with E-state index in [-0.39, 0.29) is 0 Å². The molecule has 1 N–H and O–H groups in total. The lowest BCUT2D eigenvalue weighted by Gasteiger charge is -2.07. The molecule has 1 unspecified atom stereocenters. The van der Waals surface area contributed by atoms with E-state index in [0.717, 1.165) is 23.0 Å². The molecule has 5 heteroatoms. The van der Waals surface area contributed by atoms with Crippen LogP contribution in [0.4, 0.5) is 5.95 Å². The minimum absolute atomic E-state index is 0.530. The minimum Gasteiger partial charge on any atom is -0.349 e. The van der Waals surface area contributed by atoms with Gasteiger partial charge in [0.2, 0.25) is 5.95 Å². The molecule has 4 nitrogen and oxygen atoms in total. The Hall–Kier alpha value is -1.23. The van der Waals surface area contributed by atoms with Crippen LogP contribution in [-0.2, 0) is 0 Å². The SMILES string of the molecule is Cc1cccc2nc(NC3CCSC3)nn12. The van der Waals surface area contributed by atoms with Gasteiger partial charge in [-0.1, -0.05) is 6.07 Å². The number of nitrogens with one attached hydrogen (secondary N) is 1. The number of aryl methyl sites for hydroxylation is 1. The number of hydrogen-bond acceptors (Lipinski definition) is 4. The summed E-state index contributed by atoms with van der Waals surface area (Å²) in [5.41, 5.74) is 2.02. The summed E-state index contributed by atoms with van der Waals surface area (Å²) in [6.07, 6.45) is 1.21. The molecule has 16 heavy (non-hydrogen) atoms. The first kappa shape index (κ1) is 9.96. The number of aromatic nitrogens is 3. The molecule has 1 fully saturated rings. The van der Waals surface area contributed by atoms with Crippen LogP contribution in [0, 0.1) is 6.92 Å². The molecule has 3 heterocycles. The molecule has 2 aromatic heterocycles. The highest BCUT2D eigenvalue weighted by atomic mass is 32.2. The first-order valence-corrected chi connectivity index (χ1v) is 6.65. The first-order chi connectivity index (χ1) is 7.83. The quantitative estimate of drug-likeness (QED) is 0.862. The van der Waals surface area contributed by atoms with Crippen LogP contribution >= 0.6 is 11.8 Å². The standard InChI is InChI=1S/C11H14N4S/c1-8-3-2-4-10-13-11(14-15(8)10)12-9-5-6-16-7-9/h2-4,9H,5-7H2,1H3,(H,12,14). The van der Waals surface area contributed by atoms with E-state index in [1.165, 1.54) is 12.2 Å². The molecule has 3 rings (SSSR count). The van der Waals surface area contributed by atoms with Gasteiger partial charge < -0.3 is 5.32 Å². The number of anilines is 1. The van der Waals surface area contributed by atoms with E-state index >= 15 is 0 Å². The molecule has 0 aromatic carbocycles. The van der Waals surface area contributed by atoms with Gasteiger partial charge in [-0.15, -0.1) is 5.10 Å². The highest BCUT2D eigenvalue weighted by Crippen LogP contribution is 2.20. The Morgan fingerprint density at radius 1 is 1.50 bits per heavy atom. The topological polar surface area (TPSA) is 42.2 Å². The van der Waals surface area contributed by atoms with Crippen LogP contribution in [0.15, 0.2) is 18.2 Å². The summed E-state index contributed by atoms with van der Waals surface area (Å²) in [7, 11) is 0. The van der Waals surface area contributed by atoms with Crippen LogP contribution in [0.5, 0.6) is 0 Å². The summed E-state index contributed by atoms with van der Waals surface area (Å²) in [6, 6.07) is 6.56. The number of thioether (sulfide) groups is 1. The summed E-state index contributed by atoms with van der Waals surface area (Å²) in [5.74, 6) is 3.15. The fraction of sp³-hybridized carbons (Fsp3) is 0.455. The molecule has 2 aromatic rings. The maximum atomic E-state index is 4.47. The first-order valence-electron chi connectivity index (χ1n) is 5.49. The van der Waals surface area contributed by atoms with Crippen LogP contribution < -0.4 is 5.32 Å². The van der Waals surface area contributed by atoms with Crippen LogP contribution in [0.25, 0.3) is 5.65 Å². The van der Waals surface area contributed by atoms with E-state index < -0.39 is 0 Å². The monoisotopic (exact) mass is 234 g/mol. The van der Waals surface area contributed by atoms with Gasteiger partial charge in [0, 0.05) is 17.5 Å². The van der Waals surface area contributed by atoms with Crippen LogP contribution in [-0.4, -0.2) is 32.1 Å². The van der Waals surface area contributed by atoms with Crippen molar-refractivity contribution in [3.8, 4) is 0 Å². The molecule has 84 valence electrons. The fourth-order valence-electron chi connectivity index (χ4n) is 1.93. The molecule has 1 aliphatic heterocycles. The molecular weight excluding hydrogens is 220 g/mol. The summed E-state index contributed by atoms with van der Waals surface area (Å²) in [5, 5.41) is 7.85.